The molecule has 2 heterocycles. The molecule has 2 aliphatic heterocycles. The first-order valence-electron chi connectivity index (χ1n) is 8.88. The molecule has 3 rings (SSSR count). The summed E-state index contributed by atoms with van der Waals surface area (Å²) in [6.45, 7) is 3.58. The van der Waals surface area contributed by atoms with Gasteiger partial charge in [0, 0.05) is 45.0 Å². The highest BCUT2D eigenvalue weighted by Gasteiger charge is 2.33. The molecule has 1 aromatic rings. The third-order valence-electron chi connectivity index (χ3n) is 4.72. The minimum atomic E-state index is -3.35. The first-order chi connectivity index (χ1) is 12.1. The fraction of sp³-hybridized carbons (Fsp3) is 0.588. The molecule has 2 aliphatic rings. The van der Waals surface area contributed by atoms with Crippen molar-refractivity contribution >= 4 is 21.8 Å². The summed E-state index contributed by atoms with van der Waals surface area (Å²) >= 11 is 0. The smallest absolute Gasteiger partial charge is 0.282 e. The first-order valence-corrected chi connectivity index (χ1v) is 10.3. The average molecular weight is 366 g/mol. The Hall–Kier alpha value is -1.48. The molecule has 0 spiro atoms. The van der Waals surface area contributed by atoms with E-state index < -0.39 is 10.2 Å². The molecule has 1 aromatic carbocycles. The van der Waals surface area contributed by atoms with Gasteiger partial charge >= 0.3 is 0 Å². The molecule has 2 fully saturated rings. The molecule has 0 radical (unpaired) electrons. The van der Waals surface area contributed by atoms with Gasteiger partial charge in [0.25, 0.3) is 10.2 Å². The summed E-state index contributed by atoms with van der Waals surface area (Å²) in [7, 11) is -3.35. The Morgan fingerprint density at radius 2 is 1.48 bits per heavy atom. The zero-order chi connectivity index (χ0) is 17.7. The summed E-state index contributed by atoms with van der Waals surface area (Å²) < 4.78 is 28.5. The number of carbonyl (C=O) groups excluding carboxylic acids is 1. The maximum absolute atomic E-state index is 12.7. The van der Waals surface area contributed by atoms with Crippen LogP contribution in [0.5, 0.6) is 0 Å². The molecule has 7 nitrogen and oxygen atoms in total. The van der Waals surface area contributed by atoms with Crippen LogP contribution in [-0.4, -0.2) is 73.6 Å². The van der Waals surface area contributed by atoms with E-state index in [0.717, 1.165) is 24.9 Å². The van der Waals surface area contributed by atoms with Gasteiger partial charge in [-0.2, -0.15) is 17.0 Å². The topological polar surface area (TPSA) is 73.0 Å². The predicted octanol–water partition coefficient (Wildman–Crippen LogP) is 0.973. The second kappa shape index (κ2) is 8.27. The van der Waals surface area contributed by atoms with Crippen molar-refractivity contribution in [2.75, 3.05) is 51.1 Å². The van der Waals surface area contributed by atoms with Crippen LogP contribution >= 0.6 is 0 Å². The van der Waals surface area contributed by atoms with Crippen LogP contribution in [0.2, 0.25) is 0 Å². The van der Waals surface area contributed by atoms with Crippen LogP contribution in [0.4, 0.5) is 5.69 Å². The monoisotopic (exact) mass is 366 g/mol. The van der Waals surface area contributed by atoms with Crippen LogP contribution in [0.25, 0.3) is 0 Å². The molecule has 8 heteroatoms. The van der Waals surface area contributed by atoms with Crippen molar-refractivity contribution in [3.8, 4) is 0 Å². The fourth-order valence-electron chi connectivity index (χ4n) is 3.30. The van der Waals surface area contributed by atoms with E-state index >= 15 is 0 Å². The zero-order valence-electron chi connectivity index (χ0n) is 14.4. The zero-order valence-corrected chi connectivity index (χ0v) is 15.2. The van der Waals surface area contributed by atoms with Crippen molar-refractivity contribution < 1.29 is 13.2 Å². The van der Waals surface area contributed by atoms with Gasteiger partial charge in [-0.1, -0.05) is 24.6 Å². The minimum absolute atomic E-state index is 0.0708. The predicted molar refractivity (Wildman–Crippen MR) is 97.4 cm³/mol. The number of piperazine rings is 1. The van der Waals surface area contributed by atoms with Crippen molar-refractivity contribution in [3.63, 3.8) is 0 Å². The molecule has 0 unspecified atom stereocenters. The van der Waals surface area contributed by atoms with Gasteiger partial charge in [-0.15, -0.1) is 0 Å². The van der Waals surface area contributed by atoms with Gasteiger partial charge in [0.05, 0.1) is 6.54 Å². The summed E-state index contributed by atoms with van der Waals surface area (Å²) in [5.41, 5.74) is 0.777. The number of amides is 1. The quantitative estimate of drug-likeness (QED) is 0.843. The van der Waals surface area contributed by atoms with Gasteiger partial charge in [0.15, 0.2) is 0 Å². The highest BCUT2D eigenvalue weighted by Crippen LogP contribution is 2.18. The second-order valence-corrected chi connectivity index (χ2v) is 8.49. The molecule has 1 amide bonds. The van der Waals surface area contributed by atoms with E-state index in [1.165, 1.54) is 0 Å². The standard InChI is InChI=1S/C17H26N4O3S/c22-17(18-16-7-3-1-4-8-16)15-19-11-13-21(14-12-19)25(23,24)20-9-5-2-6-10-20/h1,3-4,7-8H,2,5-6,9-15H2,(H,18,22). The lowest BCUT2D eigenvalue weighted by Crippen LogP contribution is -2.54. The van der Waals surface area contributed by atoms with E-state index in [4.69, 9.17) is 0 Å². The summed E-state index contributed by atoms with van der Waals surface area (Å²) in [6.07, 6.45) is 2.99. The lowest BCUT2D eigenvalue weighted by atomic mass is 10.2. The lowest BCUT2D eigenvalue weighted by molar-refractivity contribution is -0.117. The molecule has 1 N–H and O–H groups in total. The van der Waals surface area contributed by atoms with Gasteiger partial charge in [0.1, 0.15) is 0 Å². The van der Waals surface area contributed by atoms with E-state index in [0.29, 0.717) is 39.3 Å². The van der Waals surface area contributed by atoms with Crippen LogP contribution in [-0.2, 0) is 15.0 Å². The Labute approximate surface area is 149 Å². The number of nitrogens with one attached hydrogen (secondary N) is 1. The SMILES string of the molecule is O=C(CN1CCN(S(=O)(=O)N2CCCCC2)CC1)Nc1ccccc1. The van der Waals surface area contributed by atoms with E-state index in [1.54, 1.807) is 8.61 Å². The number of benzene rings is 1. The number of rotatable bonds is 5. The highest BCUT2D eigenvalue weighted by molar-refractivity contribution is 7.86. The van der Waals surface area contributed by atoms with Crippen LogP contribution in [0.1, 0.15) is 19.3 Å². The summed E-state index contributed by atoms with van der Waals surface area (Å²) in [4.78, 5) is 14.1. The van der Waals surface area contributed by atoms with E-state index in [1.807, 2.05) is 35.2 Å². The minimum Gasteiger partial charge on any atom is -0.325 e. The Morgan fingerprint density at radius 3 is 2.12 bits per heavy atom. The summed E-state index contributed by atoms with van der Waals surface area (Å²) in [5, 5.41) is 2.86. The van der Waals surface area contributed by atoms with E-state index in [2.05, 4.69) is 5.32 Å². The van der Waals surface area contributed by atoms with Crippen LogP contribution in [0.15, 0.2) is 30.3 Å². The van der Waals surface area contributed by atoms with Gasteiger partial charge in [-0.25, -0.2) is 0 Å². The normalized spacial score (nSPS) is 21.1. The van der Waals surface area contributed by atoms with Crippen LogP contribution in [0, 0.1) is 0 Å². The maximum Gasteiger partial charge on any atom is 0.282 e. The number of carbonyl (C=O) groups is 1. The lowest BCUT2D eigenvalue weighted by Gasteiger charge is -2.37. The molecule has 0 aliphatic carbocycles. The summed E-state index contributed by atoms with van der Waals surface area (Å²) in [5.74, 6) is -0.0708. The maximum atomic E-state index is 12.7. The van der Waals surface area contributed by atoms with Crippen LogP contribution < -0.4 is 5.32 Å². The van der Waals surface area contributed by atoms with E-state index in [-0.39, 0.29) is 12.5 Å². The first kappa shape index (κ1) is 18.3. The second-order valence-electron chi connectivity index (χ2n) is 6.56. The van der Waals surface area contributed by atoms with Crippen molar-refractivity contribution in [1.82, 2.24) is 13.5 Å². The third kappa shape index (κ3) is 4.78. The largest absolute Gasteiger partial charge is 0.325 e. The van der Waals surface area contributed by atoms with Crippen molar-refractivity contribution in [2.45, 2.75) is 19.3 Å². The van der Waals surface area contributed by atoms with Gasteiger partial charge in [-0.3, -0.25) is 9.69 Å². The number of nitrogens with zero attached hydrogens (tertiary/aromatic N) is 3. The number of hydrogen-bond acceptors (Lipinski definition) is 4. The number of para-hydroxylation sites is 1. The van der Waals surface area contributed by atoms with Crippen LogP contribution in [0.3, 0.4) is 0 Å². The van der Waals surface area contributed by atoms with Gasteiger partial charge < -0.3 is 5.32 Å². The Balaban J connectivity index is 1.47. The number of anilines is 1. The fourth-order valence-corrected chi connectivity index (χ4v) is 4.97. The Kier molecular flexibility index (Phi) is 6.06. The molecule has 0 bridgehead atoms. The molecule has 2 saturated heterocycles. The molecule has 0 saturated carbocycles. The highest BCUT2D eigenvalue weighted by atomic mass is 32.2. The molecular formula is C17H26N4O3S. The Bertz CT molecular complexity index is 666. The molecule has 25 heavy (non-hydrogen) atoms. The molecule has 0 atom stereocenters. The number of hydrogen-bond donors (Lipinski definition) is 1. The summed E-state index contributed by atoms with van der Waals surface area (Å²) in [6, 6.07) is 9.35. The van der Waals surface area contributed by atoms with Crippen molar-refractivity contribution in [1.29, 1.82) is 0 Å². The molecular weight excluding hydrogens is 340 g/mol. The van der Waals surface area contributed by atoms with Gasteiger partial charge in [-0.05, 0) is 25.0 Å². The molecule has 138 valence electrons. The number of piperidine rings is 1. The average Bonchev–Trinajstić information content (AvgIpc) is 2.63. The van der Waals surface area contributed by atoms with Crippen molar-refractivity contribution in [2.24, 2.45) is 0 Å². The Morgan fingerprint density at radius 1 is 0.880 bits per heavy atom. The van der Waals surface area contributed by atoms with Gasteiger partial charge in [0.2, 0.25) is 5.91 Å². The third-order valence-corrected chi connectivity index (χ3v) is 6.76. The molecule has 0 aromatic heterocycles. The van der Waals surface area contributed by atoms with E-state index in [9.17, 15) is 13.2 Å². The van der Waals surface area contributed by atoms with Crippen molar-refractivity contribution in [3.05, 3.63) is 30.3 Å².